The van der Waals surface area contributed by atoms with Crippen molar-refractivity contribution in [1.82, 2.24) is 10.2 Å². The predicted molar refractivity (Wildman–Crippen MR) is 133 cm³/mol. The Hall–Kier alpha value is -2.37. The Morgan fingerprint density at radius 1 is 1.06 bits per heavy atom. The smallest absolute Gasteiger partial charge is 0.306 e. The van der Waals surface area contributed by atoms with Crippen LogP contribution in [0.3, 0.4) is 0 Å². The van der Waals surface area contributed by atoms with Crippen LogP contribution in [0.4, 0.5) is 0 Å². The number of carbonyl (C=O) groups is 2. The molecule has 0 bridgehead atoms. The monoisotopic (exact) mass is 467 g/mol. The molecule has 6 nitrogen and oxygen atoms in total. The fourth-order valence-electron chi connectivity index (χ4n) is 6.42. The van der Waals surface area contributed by atoms with Crippen molar-refractivity contribution in [1.29, 1.82) is 5.41 Å². The van der Waals surface area contributed by atoms with Crippen LogP contribution in [0.15, 0.2) is 30.3 Å². The molecule has 186 valence electrons. The summed E-state index contributed by atoms with van der Waals surface area (Å²) in [5.74, 6) is 1.56. The fourth-order valence-corrected chi connectivity index (χ4v) is 6.42. The van der Waals surface area contributed by atoms with Crippen molar-refractivity contribution in [2.75, 3.05) is 7.05 Å². The summed E-state index contributed by atoms with van der Waals surface area (Å²) in [6.45, 7) is 0.326. The minimum atomic E-state index is -0.649. The number of guanidine groups is 1. The van der Waals surface area contributed by atoms with Crippen molar-refractivity contribution in [2.24, 2.45) is 17.8 Å². The Labute approximate surface area is 204 Å². The lowest BCUT2D eigenvalue weighted by Crippen LogP contribution is -2.49. The highest BCUT2D eigenvalue weighted by atomic mass is 16.5. The molecule has 0 unspecified atom stereocenters. The van der Waals surface area contributed by atoms with Gasteiger partial charge < -0.3 is 10.1 Å². The van der Waals surface area contributed by atoms with E-state index >= 15 is 0 Å². The summed E-state index contributed by atoms with van der Waals surface area (Å²) in [7, 11) is 1.71. The van der Waals surface area contributed by atoms with Crippen molar-refractivity contribution in [2.45, 2.75) is 95.6 Å². The van der Waals surface area contributed by atoms with Gasteiger partial charge in [0.2, 0.25) is 0 Å². The lowest BCUT2D eigenvalue weighted by molar-refractivity contribution is -0.146. The van der Waals surface area contributed by atoms with Crippen LogP contribution in [0, 0.1) is 23.2 Å². The van der Waals surface area contributed by atoms with E-state index in [0.29, 0.717) is 30.8 Å². The summed E-state index contributed by atoms with van der Waals surface area (Å²) in [6, 6.07) is 9.80. The molecule has 0 aromatic heterocycles. The molecule has 1 aromatic carbocycles. The molecule has 0 spiro atoms. The number of amides is 1. The van der Waals surface area contributed by atoms with Crippen LogP contribution in [0.25, 0.3) is 0 Å². The summed E-state index contributed by atoms with van der Waals surface area (Å²) in [6.07, 6.45) is 13.8. The van der Waals surface area contributed by atoms with Crippen LogP contribution in [0.1, 0.15) is 89.0 Å². The van der Waals surface area contributed by atoms with E-state index < -0.39 is 5.54 Å². The van der Waals surface area contributed by atoms with E-state index in [-0.39, 0.29) is 17.8 Å². The van der Waals surface area contributed by atoms with Gasteiger partial charge in [0.1, 0.15) is 12.1 Å². The number of nitrogens with one attached hydrogen (secondary N) is 2. The summed E-state index contributed by atoms with van der Waals surface area (Å²) in [5, 5.41) is 11.6. The number of hydrogen-bond acceptors (Lipinski definition) is 4. The van der Waals surface area contributed by atoms with Gasteiger partial charge in [-0.1, -0.05) is 75.3 Å². The summed E-state index contributed by atoms with van der Waals surface area (Å²) in [4.78, 5) is 27.3. The van der Waals surface area contributed by atoms with Crippen molar-refractivity contribution in [3.63, 3.8) is 0 Å². The Bertz CT molecular complexity index is 852. The van der Waals surface area contributed by atoms with Crippen LogP contribution in [-0.4, -0.2) is 35.3 Å². The van der Waals surface area contributed by atoms with Crippen LogP contribution in [0.2, 0.25) is 0 Å². The van der Waals surface area contributed by atoms with Crippen LogP contribution < -0.4 is 5.32 Å². The highest BCUT2D eigenvalue weighted by molar-refractivity contribution is 6.07. The maximum atomic E-state index is 13.3. The van der Waals surface area contributed by atoms with Gasteiger partial charge in [-0.3, -0.25) is 19.9 Å². The van der Waals surface area contributed by atoms with Gasteiger partial charge in [0.25, 0.3) is 5.91 Å². The van der Waals surface area contributed by atoms with Crippen LogP contribution >= 0.6 is 0 Å². The molecule has 1 heterocycles. The highest BCUT2D eigenvalue weighted by Gasteiger charge is 2.49. The first-order valence-electron chi connectivity index (χ1n) is 13.3. The van der Waals surface area contributed by atoms with E-state index in [1.54, 1.807) is 7.05 Å². The Balaban J connectivity index is 1.33. The van der Waals surface area contributed by atoms with E-state index in [0.717, 1.165) is 50.5 Å². The molecule has 1 amide bonds. The van der Waals surface area contributed by atoms with Gasteiger partial charge >= 0.3 is 5.97 Å². The average Bonchev–Trinajstić information content (AvgIpc) is 3.06. The number of esters is 1. The molecule has 3 atom stereocenters. The zero-order valence-electron chi connectivity index (χ0n) is 20.7. The van der Waals surface area contributed by atoms with Crippen molar-refractivity contribution >= 4 is 17.8 Å². The Morgan fingerprint density at radius 3 is 2.47 bits per heavy atom. The second-order valence-electron chi connectivity index (χ2n) is 10.9. The molecular weight excluding hydrogens is 426 g/mol. The molecule has 1 aromatic rings. The number of nitrogens with zero attached hydrogens (tertiary/aromatic N) is 1. The minimum Gasteiger partial charge on any atom is -0.461 e. The molecule has 6 heteroatoms. The maximum Gasteiger partial charge on any atom is 0.306 e. The molecule has 4 rings (SSSR count). The molecule has 2 aliphatic carbocycles. The van der Waals surface area contributed by atoms with Gasteiger partial charge in [0, 0.05) is 13.5 Å². The standard InChI is InChI=1S/C28H41N3O3/c1-31-26(33)28(30-27(31)29,16-15-21-9-4-2-5-10-21)19-24-14-8-13-23(17-24)18-25(32)34-20-22-11-6-3-7-12-22/h3,6-7,11-12,21,23-24H,2,4-5,8-10,13-20H2,1H3,(H2,29,30)/t23-,24+,28+/m0/s1. The third-order valence-corrected chi connectivity index (χ3v) is 8.34. The third-order valence-electron chi connectivity index (χ3n) is 8.34. The second kappa shape index (κ2) is 11.4. The number of rotatable bonds is 9. The Morgan fingerprint density at radius 2 is 1.76 bits per heavy atom. The van der Waals surface area contributed by atoms with Gasteiger partial charge in [0.05, 0.1) is 0 Å². The van der Waals surface area contributed by atoms with Crippen molar-refractivity contribution in [3.8, 4) is 0 Å². The van der Waals surface area contributed by atoms with E-state index in [4.69, 9.17) is 10.1 Å². The molecule has 1 saturated heterocycles. The van der Waals surface area contributed by atoms with E-state index in [2.05, 4.69) is 5.32 Å². The van der Waals surface area contributed by atoms with E-state index in [1.165, 1.54) is 37.0 Å². The largest absolute Gasteiger partial charge is 0.461 e. The molecule has 3 aliphatic rings. The normalized spacial score (nSPS) is 28.1. The number of benzene rings is 1. The summed E-state index contributed by atoms with van der Waals surface area (Å²) < 4.78 is 5.53. The van der Waals surface area contributed by atoms with E-state index in [1.807, 2.05) is 30.3 Å². The number of hydrogen-bond donors (Lipinski definition) is 2. The summed E-state index contributed by atoms with van der Waals surface area (Å²) in [5.41, 5.74) is 0.360. The third kappa shape index (κ3) is 6.19. The SMILES string of the molecule is CN1C(=N)N[C@](CCC2CCCCC2)(C[C@@H]2CCC[C@H](CC(=O)OCc3ccccc3)C2)C1=O. The number of likely N-dealkylation sites (N-methyl/N-ethyl adjacent to an activating group) is 1. The topological polar surface area (TPSA) is 82.5 Å². The quantitative estimate of drug-likeness (QED) is 0.476. The number of ether oxygens (including phenoxy) is 1. The second-order valence-corrected chi connectivity index (χ2v) is 10.9. The van der Waals surface area contributed by atoms with Gasteiger partial charge in [-0.25, -0.2) is 0 Å². The van der Waals surface area contributed by atoms with Crippen molar-refractivity contribution < 1.29 is 14.3 Å². The van der Waals surface area contributed by atoms with Gasteiger partial charge in [-0.15, -0.1) is 0 Å². The minimum absolute atomic E-state index is 0.0534. The first-order chi connectivity index (χ1) is 16.4. The zero-order valence-corrected chi connectivity index (χ0v) is 20.7. The zero-order chi connectivity index (χ0) is 24.0. The van der Waals surface area contributed by atoms with Gasteiger partial charge in [0.15, 0.2) is 5.96 Å². The first kappa shape index (κ1) is 24.7. The number of carbonyl (C=O) groups excluding carboxylic acids is 2. The van der Waals surface area contributed by atoms with Gasteiger partial charge in [-0.05, 0) is 55.4 Å². The maximum absolute atomic E-state index is 13.3. The van der Waals surface area contributed by atoms with Gasteiger partial charge in [-0.2, -0.15) is 0 Å². The molecule has 2 N–H and O–H groups in total. The van der Waals surface area contributed by atoms with Crippen LogP contribution in [-0.2, 0) is 20.9 Å². The molecule has 0 radical (unpaired) electrons. The van der Waals surface area contributed by atoms with Crippen LogP contribution in [0.5, 0.6) is 0 Å². The molecule has 2 saturated carbocycles. The first-order valence-corrected chi connectivity index (χ1v) is 13.3. The predicted octanol–water partition coefficient (Wildman–Crippen LogP) is 5.41. The molecule has 34 heavy (non-hydrogen) atoms. The fraction of sp³-hybridized carbons (Fsp3) is 0.679. The van der Waals surface area contributed by atoms with Crippen molar-refractivity contribution in [3.05, 3.63) is 35.9 Å². The Kier molecular flexibility index (Phi) is 8.28. The average molecular weight is 468 g/mol. The lowest BCUT2D eigenvalue weighted by Gasteiger charge is -2.36. The molecule has 1 aliphatic heterocycles. The molecule has 3 fully saturated rings. The highest BCUT2D eigenvalue weighted by Crippen LogP contribution is 2.40. The summed E-state index contributed by atoms with van der Waals surface area (Å²) >= 11 is 0. The molecular formula is C28H41N3O3. The van der Waals surface area contributed by atoms with E-state index in [9.17, 15) is 9.59 Å². The lowest BCUT2D eigenvalue weighted by atomic mass is 9.72.